The molecule has 2 fully saturated rings. The lowest BCUT2D eigenvalue weighted by Gasteiger charge is -2.39. The molecule has 2 atom stereocenters. The topological polar surface area (TPSA) is 93.2 Å². The minimum absolute atomic E-state index is 0.0982. The quantitative estimate of drug-likeness (QED) is 0.727. The molecule has 2 unspecified atom stereocenters. The van der Waals surface area contributed by atoms with Crippen molar-refractivity contribution in [2.45, 2.75) is 38.3 Å². The van der Waals surface area contributed by atoms with Gasteiger partial charge in [0.25, 0.3) is 11.8 Å². The minimum Gasteiger partial charge on any atom is -0.493 e. The fraction of sp³-hybridized carbons (Fsp3) is 0.444. The third-order valence-electron chi connectivity index (χ3n) is 4.78. The number of hydrogen-bond donors (Lipinski definition) is 0. The second-order valence-electron chi connectivity index (χ2n) is 6.29. The van der Waals surface area contributed by atoms with Gasteiger partial charge in [-0.05, 0) is 24.1 Å². The first kappa shape index (κ1) is 17.9. The Morgan fingerprint density at radius 3 is 2.42 bits per heavy atom. The average molecular weight is 360 g/mol. The van der Waals surface area contributed by atoms with Gasteiger partial charge in [0.2, 0.25) is 11.8 Å². The summed E-state index contributed by atoms with van der Waals surface area (Å²) in [6, 6.07) is 3.20. The van der Waals surface area contributed by atoms with Crippen LogP contribution in [0.25, 0.3) is 0 Å². The Labute approximate surface area is 150 Å². The van der Waals surface area contributed by atoms with Gasteiger partial charge in [-0.2, -0.15) is 0 Å². The zero-order chi connectivity index (χ0) is 19.0. The Hall–Kier alpha value is -2.90. The normalized spacial score (nSPS) is 22.5. The molecule has 0 N–H and O–H groups in total. The molecule has 26 heavy (non-hydrogen) atoms. The second kappa shape index (κ2) is 6.78. The molecule has 2 aliphatic rings. The van der Waals surface area contributed by atoms with E-state index in [9.17, 15) is 19.2 Å². The molecule has 8 nitrogen and oxygen atoms in total. The van der Waals surface area contributed by atoms with Crippen molar-refractivity contribution in [3.63, 3.8) is 0 Å². The van der Waals surface area contributed by atoms with Crippen LogP contribution in [-0.4, -0.2) is 59.7 Å². The lowest BCUT2D eigenvalue weighted by atomic mass is 9.98. The van der Waals surface area contributed by atoms with Crippen LogP contribution in [0.5, 0.6) is 11.5 Å². The van der Waals surface area contributed by atoms with E-state index in [0.29, 0.717) is 17.1 Å². The first-order valence-electron chi connectivity index (χ1n) is 8.29. The van der Waals surface area contributed by atoms with Gasteiger partial charge in [-0.1, -0.05) is 6.07 Å². The van der Waals surface area contributed by atoms with Gasteiger partial charge < -0.3 is 9.47 Å². The highest BCUT2D eigenvalue weighted by molar-refractivity contribution is 6.13. The van der Waals surface area contributed by atoms with Gasteiger partial charge in [0.05, 0.1) is 14.2 Å². The Kier molecular flexibility index (Phi) is 4.67. The van der Waals surface area contributed by atoms with Crippen LogP contribution in [0.15, 0.2) is 18.2 Å². The Bertz CT molecular complexity index is 790. The van der Waals surface area contributed by atoms with E-state index >= 15 is 0 Å². The number of piperazine rings is 1. The molecule has 2 saturated heterocycles. The predicted octanol–water partition coefficient (Wildman–Crippen LogP) is 0.521. The molecule has 0 aliphatic carbocycles. The van der Waals surface area contributed by atoms with Crippen LogP contribution >= 0.6 is 0 Å². The fourth-order valence-corrected chi connectivity index (χ4v) is 3.56. The summed E-state index contributed by atoms with van der Waals surface area (Å²) < 4.78 is 10.4. The zero-order valence-corrected chi connectivity index (χ0v) is 14.9. The summed E-state index contributed by atoms with van der Waals surface area (Å²) in [7, 11) is 3.00. The summed E-state index contributed by atoms with van der Waals surface area (Å²) in [5.74, 6) is -0.873. The number of rotatable bonds is 4. The molecule has 0 saturated carbocycles. The highest BCUT2D eigenvalue weighted by Gasteiger charge is 2.52. The minimum atomic E-state index is -1.04. The maximum absolute atomic E-state index is 12.9. The number of benzene rings is 1. The molecular formula is C18H20N2O6. The van der Waals surface area contributed by atoms with Crippen LogP contribution < -0.4 is 9.47 Å². The summed E-state index contributed by atoms with van der Waals surface area (Å²) in [5, 5.41) is 0. The van der Waals surface area contributed by atoms with E-state index in [-0.39, 0.29) is 25.2 Å². The Morgan fingerprint density at radius 2 is 1.81 bits per heavy atom. The third kappa shape index (κ3) is 2.81. The van der Waals surface area contributed by atoms with Crippen molar-refractivity contribution in [1.82, 2.24) is 9.80 Å². The van der Waals surface area contributed by atoms with Crippen LogP contribution in [0.2, 0.25) is 0 Å². The van der Waals surface area contributed by atoms with E-state index < -0.39 is 29.8 Å². The largest absolute Gasteiger partial charge is 0.493 e. The average Bonchev–Trinajstić information content (AvgIpc) is 3.01. The van der Waals surface area contributed by atoms with Crippen LogP contribution in [0.3, 0.4) is 0 Å². The van der Waals surface area contributed by atoms with E-state index in [2.05, 4.69) is 0 Å². The molecule has 0 bridgehead atoms. The van der Waals surface area contributed by atoms with Crippen molar-refractivity contribution in [3.05, 3.63) is 23.8 Å². The summed E-state index contributed by atoms with van der Waals surface area (Å²) >= 11 is 0. The molecule has 2 heterocycles. The van der Waals surface area contributed by atoms with E-state index in [4.69, 9.17) is 9.47 Å². The number of fused-ring (bicyclic) bond motifs is 1. The molecule has 0 spiro atoms. The van der Waals surface area contributed by atoms with E-state index in [0.717, 1.165) is 9.80 Å². The molecule has 1 aromatic carbocycles. The van der Waals surface area contributed by atoms with Crippen LogP contribution in [0.4, 0.5) is 0 Å². The molecule has 0 aromatic heterocycles. The number of hydrogen-bond acceptors (Lipinski definition) is 6. The van der Waals surface area contributed by atoms with Gasteiger partial charge >= 0.3 is 0 Å². The van der Waals surface area contributed by atoms with Crippen LogP contribution in [-0.2, 0) is 25.6 Å². The smallest absolute Gasteiger partial charge is 0.253 e. The summed E-state index contributed by atoms with van der Waals surface area (Å²) in [5.41, 5.74) is 0.685. The van der Waals surface area contributed by atoms with E-state index in [1.165, 1.54) is 21.1 Å². The Morgan fingerprint density at radius 1 is 1.12 bits per heavy atom. The van der Waals surface area contributed by atoms with Crippen molar-refractivity contribution in [2.75, 3.05) is 14.2 Å². The number of imide groups is 2. The molecule has 1 aromatic rings. The molecule has 8 heteroatoms. The van der Waals surface area contributed by atoms with E-state index in [1.54, 1.807) is 18.2 Å². The summed E-state index contributed by atoms with van der Waals surface area (Å²) in [6.07, 6.45) is 0.494. The molecule has 0 radical (unpaired) electrons. The van der Waals surface area contributed by atoms with Gasteiger partial charge in [-0.3, -0.25) is 29.0 Å². The van der Waals surface area contributed by atoms with Crippen LogP contribution in [0.1, 0.15) is 25.3 Å². The molecule has 138 valence electrons. The highest BCUT2D eigenvalue weighted by Crippen LogP contribution is 2.32. The molecular weight excluding hydrogens is 340 g/mol. The zero-order valence-electron chi connectivity index (χ0n) is 14.9. The lowest BCUT2D eigenvalue weighted by molar-refractivity contribution is -0.168. The summed E-state index contributed by atoms with van der Waals surface area (Å²) in [6.45, 7) is 1.25. The Balaban J connectivity index is 1.95. The van der Waals surface area contributed by atoms with Crippen molar-refractivity contribution < 1.29 is 28.7 Å². The number of nitrogens with zero attached hydrogens (tertiary/aromatic N) is 2. The van der Waals surface area contributed by atoms with E-state index in [1.807, 2.05) is 0 Å². The maximum Gasteiger partial charge on any atom is 0.253 e. The van der Waals surface area contributed by atoms with Crippen LogP contribution in [0, 0.1) is 0 Å². The second-order valence-corrected chi connectivity index (χ2v) is 6.29. The molecule has 4 amide bonds. The van der Waals surface area contributed by atoms with Crippen molar-refractivity contribution in [1.29, 1.82) is 0 Å². The third-order valence-corrected chi connectivity index (χ3v) is 4.78. The van der Waals surface area contributed by atoms with Gasteiger partial charge in [-0.25, -0.2) is 0 Å². The lowest BCUT2D eigenvalue weighted by Crippen LogP contribution is -2.65. The monoisotopic (exact) mass is 360 g/mol. The van der Waals surface area contributed by atoms with Gasteiger partial charge in [0.1, 0.15) is 12.1 Å². The first-order chi connectivity index (χ1) is 12.4. The molecule has 2 aliphatic heterocycles. The van der Waals surface area contributed by atoms with Crippen molar-refractivity contribution in [3.8, 4) is 11.5 Å². The number of carbonyl (C=O) groups excluding carboxylic acids is 4. The van der Waals surface area contributed by atoms with Crippen molar-refractivity contribution >= 4 is 23.6 Å². The van der Waals surface area contributed by atoms with Gasteiger partial charge in [0.15, 0.2) is 11.5 Å². The standard InChI is InChI=1S/C18H20N2O6/c1-10(21)19-13(8-11-4-6-14(25-2)15(9-11)26-3)18(24)20-12(17(19)23)5-7-16(20)22/h4,6,9,12-13H,5,7-8H2,1-3H3. The van der Waals surface area contributed by atoms with Gasteiger partial charge in [-0.15, -0.1) is 0 Å². The number of carbonyl (C=O) groups is 4. The SMILES string of the molecule is COc1ccc(CC2C(=O)N3C(=O)CCC3C(=O)N2C(C)=O)cc1OC. The fourth-order valence-electron chi connectivity index (χ4n) is 3.56. The first-order valence-corrected chi connectivity index (χ1v) is 8.29. The number of ether oxygens (including phenoxy) is 2. The summed E-state index contributed by atoms with van der Waals surface area (Å²) in [4.78, 5) is 51.6. The highest BCUT2D eigenvalue weighted by atomic mass is 16.5. The molecule has 3 rings (SSSR count). The maximum atomic E-state index is 12.9. The predicted molar refractivity (Wildman–Crippen MR) is 89.4 cm³/mol. The van der Waals surface area contributed by atoms with Crippen molar-refractivity contribution in [2.24, 2.45) is 0 Å². The number of methoxy groups -OCH3 is 2. The van der Waals surface area contributed by atoms with Gasteiger partial charge in [0, 0.05) is 19.8 Å². The number of amides is 4.